The van der Waals surface area contributed by atoms with Crippen LogP contribution >= 0.6 is 0 Å². The molecule has 1 aromatic carbocycles. The van der Waals surface area contributed by atoms with Crippen molar-refractivity contribution in [2.75, 3.05) is 13.7 Å². The minimum absolute atomic E-state index is 0.104. The summed E-state index contributed by atoms with van der Waals surface area (Å²) in [7, 11) is 1.38. The van der Waals surface area contributed by atoms with Gasteiger partial charge in [-0.15, -0.1) is 0 Å². The molecule has 2 rings (SSSR count). The van der Waals surface area contributed by atoms with Gasteiger partial charge in [0.2, 0.25) is 0 Å². The normalized spacial score (nSPS) is 18.8. The average Bonchev–Trinajstić information content (AvgIpc) is 2.94. The quantitative estimate of drug-likeness (QED) is 0.360. The highest BCUT2D eigenvalue weighted by Gasteiger charge is 2.31. The molecule has 22 heavy (non-hydrogen) atoms. The minimum atomic E-state index is -0.482. The molecule has 0 aromatic heterocycles. The average molecular weight is 307 g/mol. The summed E-state index contributed by atoms with van der Waals surface area (Å²) in [6, 6.07) is 4.85. The highest BCUT2D eigenvalue weighted by molar-refractivity contribution is 5.82. The number of methoxy groups -OCH3 is 1. The van der Waals surface area contributed by atoms with Gasteiger partial charge in [-0.05, 0) is 25.5 Å². The van der Waals surface area contributed by atoms with Gasteiger partial charge in [-0.3, -0.25) is 10.1 Å². The van der Waals surface area contributed by atoms with E-state index in [9.17, 15) is 14.9 Å². The van der Waals surface area contributed by atoms with Crippen molar-refractivity contribution >= 4 is 11.7 Å². The zero-order chi connectivity index (χ0) is 16.1. The summed E-state index contributed by atoms with van der Waals surface area (Å²) in [5.41, 5.74) is 0.337. The van der Waals surface area contributed by atoms with Crippen LogP contribution in [0, 0.1) is 10.1 Å². The monoisotopic (exact) mass is 307 g/mol. The fourth-order valence-electron chi connectivity index (χ4n) is 2.37. The maximum atomic E-state index is 11.4. The third kappa shape index (κ3) is 3.36. The first-order valence-corrected chi connectivity index (χ1v) is 6.92. The molecule has 0 bridgehead atoms. The lowest BCUT2D eigenvalue weighted by Gasteiger charge is -2.13. The van der Waals surface area contributed by atoms with E-state index >= 15 is 0 Å². The number of rotatable bonds is 5. The number of carbonyl (C=O) groups is 1. The van der Waals surface area contributed by atoms with Crippen LogP contribution in [0.2, 0.25) is 0 Å². The van der Waals surface area contributed by atoms with Crippen LogP contribution in [0.25, 0.3) is 0 Å². The summed E-state index contributed by atoms with van der Waals surface area (Å²) in [6.45, 7) is 2.00. The van der Waals surface area contributed by atoms with Crippen LogP contribution in [-0.4, -0.2) is 24.6 Å². The van der Waals surface area contributed by atoms with Crippen molar-refractivity contribution in [2.45, 2.75) is 25.9 Å². The second kappa shape index (κ2) is 6.93. The molecule has 0 amide bonds. The van der Waals surface area contributed by atoms with E-state index in [1.807, 2.05) is 0 Å². The lowest BCUT2D eigenvalue weighted by atomic mass is 10.0. The number of allylic oxidation sites excluding steroid dienone is 1. The van der Waals surface area contributed by atoms with Crippen LogP contribution < -0.4 is 4.74 Å². The fraction of sp³-hybridized carbons (Fsp3) is 0.400. The number of hydrogen-bond donors (Lipinski definition) is 0. The Morgan fingerprint density at radius 3 is 2.95 bits per heavy atom. The van der Waals surface area contributed by atoms with Gasteiger partial charge >= 0.3 is 11.7 Å². The number of nitro benzene ring substituents is 1. The van der Waals surface area contributed by atoms with Crippen molar-refractivity contribution in [1.29, 1.82) is 0 Å². The highest BCUT2D eigenvalue weighted by Crippen LogP contribution is 2.42. The third-order valence-corrected chi connectivity index (χ3v) is 3.29. The van der Waals surface area contributed by atoms with Crippen LogP contribution in [0.5, 0.6) is 5.75 Å². The topological polar surface area (TPSA) is 87.9 Å². The Balaban J connectivity index is 2.24. The molecule has 0 N–H and O–H groups in total. The number of ether oxygens (including phenoxy) is 3. The lowest BCUT2D eigenvalue weighted by Crippen LogP contribution is -2.04. The van der Waals surface area contributed by atoms with Crippen molar-refractivity contribution < 1.29 is 23.9 Å². The molecule has 118 valence electrons. The number of nitrogens with zero attached hydrogens (tertiary/aromatic N) is 1. The zero-order valence-electron chi connectivity index (χ0n) is 12.4. The van der Waals surface area contributed by atoms with Gasteiger partial charge < -0.3 is 14.2 Å². The standard InChI is InChI=1S/C15H17NO6/c1-3-21-14(17)9-10-7-8-12(22-10)11-5-4-6-13(20-2)15(11)16(18)19/h4-6,9,12H,3,7-8H2,1-2H3/b10-9+. The molecule has 1 unspecified atom stereocenters. The molecule has 1 saturated heterocycles. The largest absolute Gasteiger partial charge is 0.490 e. The van der Waals surface area contributed by atoms with Crippen LogP contribution in [0.3, 0.4) is 0 Å². The Bertz CT molecular complexity index is 610. The molecular formula is C15H17NO6. The second-order valence-electron chi connectivity index (χ2n) is 4.66. The summed E-state index contributed by atoms with van der Waals surface area (Å²) in [5.74, 6) is 0.188. The van der Waals surface area contributed by atoms with E-state index in [-0.39, 0.29) is 18.0 Å². The molecule has 0 radical (unpaired) electrons. The van der Waals surface area contributed by atoms with Gasteiger partial charge in [0, 0.05) is 6.42 Å². The summed E-state index contributed by atoms with van der Waals surface area (Å²) in [5, 5.41) is 11.3. The predicted molar refractivity (Wildman–Crippen MR) is 77.4 cm³/mol. The number of benzene rings is 1. The van der Waals surface area contributed by atoms with E-state index in [0.717, 1.165) is 0 Å². The van der Waals surface area contributed by atoms with Gasteiger partial charge in [-0.2, -0.15) is 0 Å². The van der Waals surface area contributed by atoms with Crippen LogP contribution in [0.15, 0.2) is 30.0 Å². The maximum absolute atomic E-state index is 11.4. The highest BCUT2D eigenvalue weighted by atomic mass is 16.6. The van der Waals surface area contributed by atoms with Crippen molar-refractivity contribution in [2.24, 2.45) is 0 Å². The number of carbonyl (C=O) groups excluding carboxylic acids is 1. The first-order chi connectivity index (χ1) is 10.6. The minimum Gasteiger partial charge on any atom is -0.490 e. The molecule has 1 aliphatic heterocycles. The van der Waals surface area contributed by atoms with E-state index < -0.39 is 17.0 Å². The van der Waals surface area contributed by atoms with Gasteiger partial charge in [-0.1, -0.05) is 6.07 Å². The lowest BCUT2D eigenvalue weighted by molar-refractivity contribution is -0.387. The van der Waals surface area contributed by atoms with Gasteiger partial charge in [0.15, 0.2) is 5.75 Å². The SMILES string of the molecule is CCOC(=O)/C=C1\CCC(c2cccc(OC)c2[N+](=O)[O-])O1. The first-order valence-electron chi connectivity index (χ1n) is 6.92. The summed E-state index contributed by atoms with van der Waals surface area (Å²) in [4.78, 5) is 22.2. The fourth-order valence-corrected chi connectivity index (χ4v) is 2.37. The molecule has 0 saturated carbocycles. The molecule has 7 nitrogen and oxygen atoms in total. The Morgan fingerprint density at radius 2 is 2.32 bits per heavy atom. The van der Waals surface area contributed by atoms with E-state index in [2.05, 4.69) is 0 Å². The number of para-hydroxylation sites is 1. The first kappa shape index (κ1) is 15.8. The molecule has 1 atom stereocenters. The van der Waals surface area contributed by atoms with Crippen molar-refractivity contribution in [3.63, 3.8) is 0 Å². The molecule has 7 heteroatoms. The second-order valence-corrected chi connectivity index (χ2v) is 4.66. The Labute approximate surface area is 127 Å². The Kier molecular flexibility index (Phi) is 4.98. The molecule has 1 heterocycles. The van der Waals surface area contributed by atoms with Gasteiger partial charge in [0.1, 0.15) is 11.9 Å². The van der Waals surface area contributed by atoms with E-state index in [1.54, 1.807) is 19.1 Å². The van der Waals surface area contributed by atoms with E-state index in [1.165, 1.54) is 19.3 Å². The van der Waals surface area contributed by atoms with Crippen LogP contribution in [-0.2, 0) is 14.3 Å². The van der Waals surface area contributed by atoms with Crippen molar-refractivity contribution in [1.82, 2.24) is 0 Å². The summed E-state index contributed by atoms with van der Waals surface area (Å²) >= 11 is 0. The third-order valence-electron chi connectivity index (χ3n) is 3.29. The molecule has 0 aliphatic carbocycles. The maximum Gasteiger partial charge on any atom is 0.334 e. The number of esters is 1. The molecule has 1 aromatic rings. The molecule has 0 spiro atoms. The molecular weight excluding hydrogens is 290 g/mol. The number of nitro groups is 1. The summed E-state index contributed by atoms with van der Waals surface area (Å²) < 4.78 is 15.5. The molecule has 1 fully saturated rings. The Morgan fingerprint density at radius 1 is 1.55 bits per heavy atom. The Hall–Kier alpha value is -2.57. The van der Waals surface area contributed by atoms with Crippen LogP contribution in [0.4, 0.5) is 5.69 Å². The van der Waals surface area contributed by atoms with Gasteiger partial charge in [-0.25, -0.2) is 4.79 Å². The van der Waals surface area contributed by atoms with Gasteiger partial charge in [0.05, 0.1) is 30.3 Å². The number of hydrogen-bond acceptors (Lipinski definition) is 6. The van der Waals surface area contributed by atoms with Crippen LogP contribution in [0.1, 0.15) is 31.4 Å². The van der Waals surface area contributed by atoms with Crippen molar-refractivity contribution in [3.05, 3.63) is 45.7 Å². The van der Waals surface area contributed by atoms with Crippen molar-refractivity contribution in [3.8, 4) is 5.75 Å². The summed E-state index contributed by atoms with van der Waals surface area (Å²) in [6.07, 6.45) is 1.89. The zero-order valence-corrected chi connectivity index (χ0v) is 12.4. The smallest absolute Gasteiger partial charge is 0.334 e. The predicted octanol–water partition coefficient (Wildman–Crippen LogP) is 2.90. The van der Waals surface area contributed by atoms with Gasteiger partial charge in [0.25, 0.3) is 0 Å². The molecule has 1 aliphatic rings. The van der Waals surface area contributed by atoms with E-state index in [4.69, 9.17) is 14.2 Å². The van der Waals surface area contributed by atoms with E-state index in [0.29, 0.717) is 24.2 Å².